The molecule has 0 aromatic heterocycles. The monoisotopic (exact) mass is 516 g/mol. The number of ether oxygens (including phenoxy) is 1. The van der Waals surface area contributed by atoms with Crippen molar-refractivity contribution in [2.45, 2.75) is 151 Å². The summed E-state index contributed by atoms with van der Waals surface area (Å²) in [6.07, 6.45) is 22.1. The second-order valence-electron chi connectivity index (χ2n) is 14.5. The smallest absolute Gasteiger partial charge is 0.0577 e. The highest BCUT2D eigenvalue weighted by Crippen LogP contribution is 2.67. The molecule has 8 atom stereocenters. The zero-order valence-corrected chi connectivity index (χ0v) is 26.0. The largest absolute Gasteiger partial charge is 0.393 e. The van der Waals surface area contributed by atoms with Gasteiger partial charge >= 0.3 is 0 Å². The van der Waals surface area contributed by atoms with Crippen molar-refractivity contribution >= 4 is 0 Å². The van der Waals surface area contributed by atoms with Crippen LogP contribution < -0.4 is 0 Å². The molecule has 0 aromatic rings. The molecule has 2 nitrogen and oxygen atoms in total. The third kappa shape index (κ3) is 7.45. The average Bonchev–Trinajstić information content (AvgIpc) is 3.22. The van der Waals surface area contributed by atoms with Crippen LogP contribution in [0, 0.1) is 46.3 Å². The van der Waals surface area contributed by atoms with Crippen LogP contribution in [0.5, 0.6) is 0 Å². The number of aliphatic hydroxyl groups excluding tert-OH is 1. The Balaban J connectivity index is 0.000000364. The van der Waals surface area contributed by atoms with Crippen molar-refractivity contribution in [3.05, 3.63) is 11.6 Å². The molecule has 0 bridgehead atoms. The first-order valence-corrected chi connectivity index (χ1v) is 16.6. The summed E-state index contributed by atoms with van der Waals surface area (Å²) < 4.78 is 5.31. The fraction of sp³-hybridized carbons (Fsp3) is 0.943. The molecule has 3 saturated carbocycles. The van der Waals surface area contributed by atoms with Crippen molar-refractivity contribution in [1.82, 2.24) is 0 Å². The molecule has 0 amide bonds. The minimum absolute atomic E-state index is 0.0766. The van der Waals surface area contributed by atoms with E-state index in [9.17, 15) is 5.11 Å². The van der Waals surface area contributed by atoms with Gasteiger partial charge in [0.1, 0.15) is 0 Å². The quantitative estimate of drug-likeness (QED) is 0.219. The van der Waals surface area contributed by atoms with Gasteiger partial charge in [-0.2, -0.15) is 0 Å². The third-order valence-corrected chi connectivity index (χ3v) is 11.6. The Morgan fingerprint density at radius 2 is 1.59 bits per heavy atom. The molecular formula is C35H64O2. The molecule has 3 fully saturated rings. The summed E-state index contributed by atoms with van der Waals surface area (Å²) in [6.45, 7) is 18.8. The normalized spacial score (nSPS) is 37.6. The van der Waals surface area contributed by atoms with E-state index in [0.717, 1.165) is 61.6 Å². The van der Waals surface area contributed by atoms with E-state index < -0.39 is 0 Å². The summed E-state index contributed by atoms with van der Waals surface area (Å²) >= 11 is 0. The SMILES string of the molecule is CC(C)CCCC(C)[C@H]1CC[C@H]2[C@@H]3CC=C4C[C@@H](O)CC[C@]4(C)[C@H]3CC[C@]12C.CCCCOCCCC. The minimum Gasteiger partial charge on any atom is -0.393 e. The highest BCUT2D eigenvalue weighted by Gasteiger charge is 2.59. The molecule has 216 valence electrons. The summed E-state index contributed by atoms with van der Waals surface area (Å²) in [5.74, 6) is 5.46. The molecule has 0 aromatic carbocycles. The fourth-order valence-corrected chi connectivity index (χ4v) is 9.26. The molecule has 0 saturated heterocycles. The van der Waals surface area contributed by atoms with Crippen LogP contribution in [0.1, 0.15) is 145 Å². The first-order valence-electron chi connectivity index (χ1n) is 16.6. The number of fused-ring (bicyclic) bond motifs is 5. The molecule has 4 aliphatic carbocycles. The van der Waals surface area contributed by atoms with Crippen LogP contribution in [-0.4, -0.2) is 24.4 Å². The van der Waals surface area contributed by atoms with E-state index in [2.05, 4.69) is 54.5 Å². The predicted octanol–water partition coefficient (Wildman–Crippen LogP) is 9.99. The molecule has 2 heteroatoms. The van der Waals surface area contributed by atoms with Gasteiger partial charge in [0.2, 0.25) is 0 Å². The number of unbranched alkanes of at least 4 members (excludes halogenated alkanes) is 2. The number of aliphatic hydroxyl groups is 1. The summed E-state index contributed by atoms with van der Waals surface area (Å²) in [5, 5.41) is 10.2. The number of allylic oxidation sites excluding steroid dienone is 1. The van der Waals surface area contributed by atoms with Crippen molar-refractivity contribution in [3.8, 4) is 0 Å². The Hall–Kier alpha value is -0.340. The highest BCUT2D eigenvalue weighted by molar-refractivity contribution is 5.25. The number of hydrogen-bond donors (Lipinski definition) is 1. The second kappa shape index (κ2) is 14.3. The van der Waals surface area contributed by atoms with Gasteiger partial charge in [0.25, 0.3) is 0 Å². The van der Waals surface area contributed by atoms with E-state index in [1.165, 1.54) is 83.5 Å². The Kier molecular flexibility index (Phi) is 12.1. The lowest BCUT2D eigenvalue weighted by molar-refractivity contribution is -0.0573. The first-order chi connectivity index (χ1) is 17.7. The van der Waals surface area contributed by atoms with Crippen molar-refractivity contribution < 1.29 is 9.84 Å². The van der Waals surface area contributed by atoms with Gasteiger partial charge in [-0.1, -0.05) is 92.2 Å². The molecule has 0 heterocycles. The van der Waals surface area contributed by atoms with E-state index in [-0.39, 0.29) is 6.10 Å². The maximum Gasteiger partial charge on any atom is 0.0577 e. The zero-order valence-electron chi connectivity index (χ0n) is 26.0. The Labute approximate surface area is 231 Å². The summed E-state index contributed by atoms with van der Waals surface area (Å²) in [5.41, 5.74) is 2.60. The number of rotatable bonds is 11. The van der Waals surface area contributed by atoms with Crippen molar-refractivity contribution in [2.24, 2.45) is 46.3 Å². The van der Waals surface area contributed by atoms with Crippen LogP contribution in [-0.2, 0) is 4.74 Å². The van der Waals surface area contributed by atoms with Crippen LogP contribution in [0.2, 0.25) is 0 Å². The van der Waals surface area contributed by atoms with E-state index in [4.69, 9.17) is 4.74 Å². The van der Waals surface area contributed by atoms with Gasteiger partial charge in [0, 0.05) is 13.2 Å². The average molecular weight is 517 g/mol. The third-order valence-electron chi connectivity index (χ3n) is 11.6. The van der Waals surface area contributed by atoms with Gasteiger partial charge in [0.15, 0.2) is 0 Å². The summed E-state index contributed by atoms with van der Waals surface area (Å²) in [6, 6.07) is 0. The Morgan fingerprint density at radius 1 is 0.892 bits per heavy atom. The van der Waals surface area contributed by atoms with Gasteiger partial charge in [-0.25, -0.2) is 0 Å². The van der Waals surface area contributed by atoms with Crippen LogP contribution >= 0.6 is 0 Å². The number of hydrogen-bond acceptors (Lipinski definition) is 2. The Bertz CT molecular complexity index is 691. The molecule has 0 aliphatic heterocycles. The summed E-state index contributed by atoms with van der Waals surface area (Å²) in [4.78, 5) is 0. The molecule has 4 aliphatic rings. The lowest BCUT2D eigenvalue weighted by Crippen LogP contribution is -2.50. The lowest BCUT2D eigenvalue weighted by atomic mass is 9.47. The fourth-order valence-electron chi connectivity index (χ4n) is 9.26. The van der Waals surface area contributed by atoms with Crippen molar-refractivity contribution in [1.29, 1.82) is 0 Å². The van der Waals surface area contributed by atoms with Crippen LogP contribution in [0.4, 0.5) is 0 Å². The van der Waals surface area contributed by atoms with Crippen LogP contribution in [0.25, 0.3) is 0 Å². The van der Waals surface area contributed by atoms with Crippen LogP contribution in [0.15, 0.2) is 11.6 Å². The zero-order chi connectivity index (χ0) is 27.1. The lowest BCUT2D eigenvalue weighted by Gasteiger charge is -2.58. The van der Waals surface area contributed by atoms with Gasteiger partial charge < -0.3 is 9.84 Å². The van der Waals surface area contributed by atoms with Gasteiger partial charge in [0.05, 0.1) is 6.10 Å². The van der Waals surface area contributed by atoms with Gasteiger partial charge in [-0.05, 0) is 111 Å². The molecule has 0 radical (unpaired) electrons. The van der Waals surface area contributed by atoms with Crippen molar-refractivity contribution in [3.63, 3.8) is 0 Å². The molecule has 0 spiro atoms. The molecular weight excluding hydrogens is 452 g/mol. The van der Waals surface area contributed by atoms with Gasteiger partial charge in [-0.3, -0.25) is 0 Å². The molecule has 1 N–H and O–H groups in total. The first kappa shape index (κ1) is 31.2. The predicted molar refractivity (Wildman–Crippen MR) is 160 cm³/mol. The van der Waals surface area contributed by atoms with E-state index in [1.807, 2.05) is 0 Å². The van der Waals surface area contributed by atoms with E-state index in [0.29, 0.717) is 10.8 Å². The molecule has 37 heavy (non-hydrogen) atoms. The molecule has 4 rings (SSSR count). The maximum absolute atomic E-state index is 10.2. The minimum atomic E-state index is -0.0766. The highest BCUT2D eigenvalue weighted by atomic mass is 16.5. The van der Waals surface area contributed by atoms with Crippen molar-refractivity contribution in [2.75, 3.05) is 13.2 Å². The Morgan fingerprint density at radius 3 is 2.24 bits per heavy atom. The topological polar surface area (TPSA) is 29.5 Å². The maximum atomic E-state index is 10.2. The van der Waals surface area contributed by atoms with E-state index >= 15 is 0 Å². The molecule has 1 unspecified atom stereocenters. The van der Waals surface area contributed by atoms with Gasteiger partial charge in [-0.15, -0.1) is 0 Å². The van der Waals surface area contributed by atoms with Crippen LogP contribution in [0.3, 0.4) is 0 Å². The second-order valence-corrected chi connectivity index (χ2v) is 14.5. The van der Waals surface area contributed by atoms with E-state index in [1.54, 1.807) is 5.57 Å². The standard InChI is InChI=1S/C27H46O.C8H18O/c1-18(2)7-6-8-19(3)23-11-12-24-22-10-9-20-17-21(28)13-15-26(20,4)25(22)14-16-27(23,24)5;1-3-5-7-9-8-6-4-2/h9,18-19,21-25,28H,6-8,10-17H2,1-5H3;3-8H2,1-2H3/t19?,21-,22-,23+,24-,25-,26-,27+;/m0./s1. The summed E-state index contributed by atoms with van der Waals surface area (Å²) in [7, 11) is 0.